The quantitative estimate of drug-likeness (QED) is 0.623. The lowest BCUT2D eigenvalue weighted by molar-refractivity contribution is 1.42. The van der Waals surface area contributed by atoms with Crippen LogP contribution in [0.1, 0.15) is 6.92 Å². The molecule has 2 aromatic carbocycles. The first-order chi connectivity index (χ1) is 7.79. The molecule has 0 saturated carbocycles. The van der Waals surface area contributed by atoms with Crippen molar-refractivity contribution < 1.29 is 0 Å². The number of thiol groups is 1. The van der Waals surface area contributed by atoms with Crippen molar-refractivity contribution in [2.24, 2.45) is 0 Å². The van der Waals surface area contributed by atoms with Gasteiger partial charge < -0.3 is 0 Å². The lowest BCUT2D eigenvalue weighted by atomic mass is 10.4. The van der Waals surface area contributed by atoms with E-state index in [9.17, 15) is 0 Å². The molecule has 0 aromatic heterocycles. The van der Waals surface area contributed by atoms with Crippen LogP contribution in [0.3, 0.4) is 0 Å². The minimum atomic E-state index is -0.346. The predicted molar refractivity (Wildman–Crippen MR) is 77.5 cm³/mol. The Kier molecular flexibility index (Phi) is 4.04. The second-order valence-corrected chi connectivity index (χ2v) is 7.40. The predicted octanol–water partition coefficient (Wildman–Crippen LogP) is 3.40. The molecular weight excluding hydrogens is 231 g/mol. The highest BCUT2D eigenvalue weighted by molar-refractivity contribution is 7.94. The molecule has 16 heavy (non-hydrogen) atoms. The van der Waals surface area contributed by atoms with E-state index in [1.165, 1.54) is 10.6 Å². The summed E-state index contributed by atoms with van der Waals surface area (Å²) in [6.07, 6.45) is 0. The fourth-order valence-corrected chi connectivity index (χ4v) is 4.71. The minimum absolute atomic E-state index is 0.346. The Bertz CT molecular complexity index is 386. The third-order valence-electron chi connectivity index (χ3n) is 2.44. The highest BCUT2D eigenvalue weighted by atomic mass is 32.1. The van der Waals surface area contributed by atoms with Gasteiger partial charge in [-0.1, -0.05) is 60.7 Å². The first-order valence-corrected chi connectivity index (χ1v) is 7.29. The van der Waals surface area contributed by atoms with Crippen LogP contribution >= 0.6 is 20.6 Å². The fourth-order valence-electron chi connectivity index (χ4n) is 1.76. The summed E-state index contributed by atoms with van der Waals surface area (Å²) in [4.78, 5) is 0.375. The molecule has 0 heterocycles. The van der Waals surface area contributed by atoms with Crippen molar-refractivity contribution in [2.45, 2.75) is 11.9 Å². The third kappa shape index (κ3) is 2.66. The molecule has 0 fully saturated rings. The van der Waals surface area contributed by atoms with Gasteiger partial charge >= 0.3 is 0 Å². The van der Waals surface area contributed by atoms with Crippen LogP contribution in [0.4, 0.5) is 0 Å². The van der Waals surface area contributed by atoms with Gasteiger partial charge in [0.2, 0.25) is 0 Å². The molecule has 0 nitrogen and oxygen atoms in total. The van der Waals surface area contributed by atoms with Crippen molar-refractivity contribution in [2.75, 3.05) is 0 Å². The molecule has 0 radical (unpaired) electrons. The maximum absolute atomic E-state index is 4.64. The maximum atomic E-state index is 4.64. The SMILES string of the molecule is C[C@H](S)P(c1ccccc1)c1ccccc1. The lowest BCUT2D eigenvalue weighted by Gasteiger charge is -2.21. The van der Waals surface area contributed by atoms with E-state index in [2.05, 4.69) is 80.2 Å². The number of hydrogen-bond acceptors (Lipinski definition) is 1. The summed E-state index contributed by atoms with van der Waals surface area (Å²) < 4.78 is 0. The van der Waals surface area contributed by atoms with Crippen molar-refractivity contribution in [3.05, 3.63) is 60.7 Å². The average Bonchev–Trinajstić information content (AvgIpc) is 2.31. The highest BCUT2D eigenvalue weighted by Crippen LogP contribution is 2.40. The molecule has 2 heteroatoms. The van der Waals surface area contributed by atoms with Gasteiger partial charge in [0, 0.05) is 4.99 Å². The van der Waals surface area contributed by atoms with Crippen LogP contribution in [0.15, 0.2) is 60.7 Å². The molecule has 0 N–H and O–H groups in total. The average molecular weight is 246 g/mol. The molecule has 0 aliphatic heterocycles. The van der Waals surface area contributed by atoms with Crippen LogP contribution in [-0.2, 0) is 0 Å². The molecular formula is C14H15PS. The second kappa shape index (κ2) is 5.52. The van der Waals surface area contributed by atoms with E-state index in [-0.39, 0.29) is 7.92 Å². The van der Waals surface area contributed by atoms with Gasteiger partial charge in [-0.05, 0) is 25.5 Å². The van der Waals surface area contributed by atoms with E-state index in [1.807, 2.05) is 0 Å². The Labute approximate surface area is 104 Å². The second-order valence-electron chi connectivity index (χ2n) is 3.67. The zero-order valence-corrected chi connectivity index (χ0v) is 11.0. The van der Waals surface area contributed by atoms with E-state index >= 15 is 0 Å². The summed E-state index contributed by atoms with van der Waals surface area (Å²) in [6.45, 7) is 2.18. The van der Waals surface area contributed by atoms with Crippen molar-refractivity contribution in [1.29, 1.82) is 0 Å². The van der Waals surface area contributed by atoms with Gasteiger partial charge in [0.05, 0.1) is 0 Å². The Balaban J connectivity index is 2.40. The summed E-state index contributed by atoms with van der Waals surface area (Å²) in [5.74, 6) is 0. The monoisotopic (exact) mass is 246 g/mol. The standard InChI is InChI=1S/C14H15PS/c1-12(16)15(13-8-4-2-5-9-13)14-10-6-3-7-11-14/h2-12,16H,1H3/t12-/m0/s1. The zero-order chi connectivity index (χ0) is 11.4. The largest absolute Gasteiger partial charge is 0.171 e. The van der Waals surface area contributed by atoms with Gasteiger partial charge in [0.25, 0.3) is 0 Å². The molecule has 0 saturated heterocycles. The summed E-state index contributed by atoms with van der Waals surface area (Å²) in [6, 6.07) is 21.3. The van der Waals surface area contributed by atoms with Crippen molar-refractivity contribution in [1.82, 2.24) is 0 Å². The van der Waals surface area contributed by atoms with E-state index < -0.39 is 0 Å². The molecule has 0 amide bonds. The molecule has 82 valence electrons. The van der Waals surface area contributed by atoms with Crippen LogP contribution in [0.25, 0.3) is 0 Å². The number of rotatable bonds is 3. The normalized spacial score (nSPS) is 12.7. The zero-order valence-electron chi connectivity index (χ0n) is 9.25. The molecule has 0 bridgehead atoms. The van der Waals surface area contributed by atoms with Crippen LogP contribution in [0, 0.1) is 0 Å². The van der Waals surface area contributed by atoms with Gasteiger partial charge in [0.1, 0.15) is 0 Å². The summed E-state index contributed by atoms with van der Waals surface area (Å²) >= 11 is 4.64. The maximum Gasteiger partial charge on any atom is 0.0270 e. The smallest absolute Gasteiger partial charge is 0.0270 e. The summed E-state index contributed by atoms with van der Waals surface area (Å²) in [5.41, 5.74) is 0. The molecule has 2 rings (SSSR count). The Hall–Kier alpha value is -0.780. The Morgan fingerprint density at radius 3 is 1.50 bits per heavy atom. The van der Waals surface area contributed by atoms with Gasteiger partial charge in [-0.2, -0.15) is 12.6 Å². The first kappa shape index (κ1) is 11.7. The summed E-state index contributed by atoms with van der Waals surface area (Å²) in [5, 5.41) is 2.79. The van der Waals surface area contributed by atoms with Crippen LogP contribution < -0.4 is 10.6 Å². The Morgan fingerprint density at radius 2 is 1.19 bits per heavy atom. The van der Waals surface area contributed by atoms with Gasteiger partial charge in [0.15, 0.2) is 0 Å². The molecule has 0 spiro atoms. The summed E-state index contributed by atoms with van der Waals surface area (Å²) in [7, 11) is -0.346. The van der Waals surface area contributed by atoms with E-state index in [0.29, 0.717) is 4.99 Å². The molecule has 1 atom stereocenters. The van der Waals surface area contributed by atoms with E-state index in [1.54, 1.807) is 0 Å². The van der Waals surface area contributed by atoms with Gasteiger partial charge in [-0.3, -0.25) is 0 Å². The topological polar surface area (TPSA) is 0 Å². The van der Waals surface area contributed by atoms with E-state index in [0.717, 1.165) is 0 Å². The van der Waals surface area contributed by atoms with Gasteiger partial charge in [-0.25, -0.2) is 0 Å². The van der Waals surface area contributed by atoms with Crippen LogP contribution in [-0.4, -0.2) is 4.99 Å². The van der Waals surface area contributed by atoms with Crippen LogP contribution in [0.2, 0.25) is 0 Å². The molecule has 2 aromatic rings. The van der Waals surface area contributed by atoms with Crippen molar-refractivity contribution in [3.63, 3.8) is 0 Å². The fraction of sp³-hybridized carbons (Fsp3) is 0.143. The van der Waals surface area contributed by atoms with E-state index in [4.69, 9.17) is 0 Å². The molecule has 0 unspecified atom stereocenters. The number of benzene rings is 2. The number of hydrogen-bond donors (Lipinski definition) is 1. The van der Waals surface area contributed by atoms with Crippen LogP contribution in [0.5, 0.6) is 0 Å². The first-order valence-electron chi connectivity index (χ1n) is 5.36. The third-order valence-corrected chi connectivity index (χ3v) is 5.59. The van der Waals surface area contributed by atoms with Crippen molar-refractivity contribution in [3.8, 4) is 0 Å². The lowest BCUT2D eigenvalue weighted by Crippen LogP contribution is -2.16. The van der Waals surface area contributed by atoms with Crippen molar-refractivity contribution >= 4 is 31.2 Å². The highest BCUT2D eigenvalue weighted by Gasteiger charge is 2.17. The molecule has 0 aliphatic rings. The van der Waals surface area contributed by atoms with Gasteiger partial charge in [-0.15, -0.1) is 0 Å². The molecule has 0 aliphatic carbocycles. The Morgan fingerprint density at radius 1 is 0.812 bits per heavy atom. The minimum Gasteiger partial charge on any atom is -0.171 e.